The minimum Gasteiger partial charge on any atom is -0.103 e. The smallest absolute Gasteiger partial charge is 0.00755 e. The second-order valence-corrected chi connectivity index (χ2v) is 7.67. The molecule has 0 aliphatic heterocycles. The van der Waals surface area contributed by atoms with Crippen LogP contribution in [0, 0.1) is 0 Å². The van der Waals surface area contributed by atoms with E-state index in [0.717, 1.165) is 32.1 Å². The first-order chi connectivity index (χ1) is 12.5. The van der Waals surface area contributed by atoms with Crippen molar-refractivity contribution >= 4 is 11.8 Å². The molecular formula is C25H38S. The predicted octanol–water partition coefficient (Wildman–Crippen LogP) is 9.08. The summed E-state index contributed by atoms with van der Waals surface area (Å²) in [5, 5.41) is 0. The molecule has 0 spiro atoms. The van der Waals surface area contributed by atoms with Crippen LogP contribution in [0.5, 0.6) is 0 Å². The summed E-state index contributed by atoms with van der Waals surface area (Å²) in [6.07, 6.45) is 22.9. The van der Waals surface area contributed by atoms with Crippen LogP contribution in [0.15, 0.2) is 81.7 Å². The van der Waals surface area contributed by atoms with Gasteiger partial charge in [0, 0.05) is 4.91 Å². The van der Waals surface area contributed by atoms with E-state index in [9.17, 15) is 0 Å². The molecule has 0 atom stereocenters. The first-order valence-corrected chi connectivity index (χ1v) is 10.7. The van der Waals surface area contributed by atoms with Gasteiger partial charge in [-0.2, -0.15) is 0 Å². The fourth-order valence-electron chi connectivity index (χ4n) is 2.45. The first-order valence-electron chi connectivity index (χ1n) is 9.86. The summed E-state index contributed by atoms with van der Waals surface area (Å²) in [4.78, 5) is 2.70. The van der Waals surface area contributed by atoms with E-state index in [1.165, 1.54) is 26.5 Å². The highest BCUT2D eigenvalue weighted by atomic mass is 32.2. The molecular weight excluding hydrogens is 332 g/mol. The van der Waals surface area contributed by atoms with Gasteiger partial charge >= 0.3 is 0 Å². The van der Waals surface area contributed by atoms with E-state index in [1.54, 1.807) is 0 Å². The van der Waals surface area contributed by atoms with Crippen LogP contribution in [0.2, 0.25) is 0 Å². The Morgan fingerprint density at radius 3 is 2.04 bits per heavy atom. The summed E-state index contributed by atoms with van der Waals surface area (Å²) in [5.41, 5.74) is 4.18. The minimum atomic E-state index is 0.929. The van der Waals surface area contributed by atoms with Gasteiger partial charge in [-0.25, -0.2) is 0 Å². The van der Waals surface area contributed by atoms with Crippen molar-refractivity contribution in [2.75, 3.05) is 0 Å². The zero-order valence-electron chi connectivity index (χ0n) is 17.8. The first kappa shape index (κ1) is 24.5. The SMILES string of the molecule is C=CC/C=C\CC(=C(C)C)C(/C=C\CC)=C(/C)SC(/C=C\CC)=C/CC. The van der Waals surface area contributed by atoms with E-state index in [4.69, 9.17) is 0 Å². The summed E-state index contributed by atoms with van der Waals surface area (Å²) in [7, 11) is 0. The van der Waals surface area contributed by atoms with E-state index < -0.39 is 0 Å². The summed E-state index contributed by atoms with van der Waals surface area (Å²) in [6.45, 7) is 17.0. The Bertz CT molecular complexity index is 588. The zero-order chi connectivity index (χ0) is 19.8. The third-order valence-corrected chi connectivity index (χ3v) is 4.88. The second kappa shape index (κ2) is 15.8. The molecule has 0 nitrogen and oxygen atoms in total. The molecule has 0 saturated heterocycles. The van der Waals surface area contributed by atoms with Gasteiger partial charge < -0.3 is 0 Å². The lowest BCUT2D eigenvalue weighted by Crippen LogP contribution is -1.93. The van der Waals surface area contributed by atoms with Crippen molar-refractivity contribution in [3.05, 3.63) is 81.7 Å². The summed E-state index contributed by atoms with van der Waals surface area (Å²) < 4.78 is 0. The quantitative estimate of drug-likeness (QED) is 0.244. The Morgan fingerprint density at radius 1 is 0.846 bits per heavy atom. The molecule has 0 fully saturated rings. The molecule has 0 radical (unpaired) electrons. The standard InChI is InChI=1S/C25H38S/c1-8-12-15-16-20-24(21(5)6)25(19-14-10-3)22(7)26-23(17-11-4)18-13-9-2/h8,13-19H,1,9-12,20H2,2-7H3/b16-15-,18-13-,19-14-,23-17+,25-22-. The van der Waals surface area contributed by atoms with E-state index >= 15 is 0 Å². The van der Waals surface area contributed by atoms with Crippen LogP contribution >= 0.6 is 11.8 Å². The van der Waals surface area contributed by atoms with Gasteiger partial charge in [-0.1, -0.05) is 86.7 Å². The number of hydrogen-bond acceptors (Lipinski definition) is 1. The van der Waals surface area contributed by atoms with Gasteiger partial charge in [-0.3, -0.25) is 0 Å². The van der Waals surface area contributed by atoms with Gasteiger partial charge in [-0.15, -0.1) is 6.58 Å². The lowest BCUT2D eigenvalue weighted by atomic mass is 9.97. The minimum absolute atomic E-state index is 0.929. The number of thioether (sulfide) groups is 1. The lowest BCUT2D eigenvalue weighted by molar-refractivity contribution is 1.14. The average Bonchev–Trinajstić information content (AvgIpc) is 2.61. The van der Waals surface area contributed by atoms with E-state index in [-0.39, 0.29) is 0 Å². The maximum Gasteiger partial charge on any atom is 0.00755 e. The Balaban J connectivity index is 5.84. The molecule has 0 N–H and O–H groups in total. The molecule has 0 heterocycles. The van der Waals surface area contributed by atoms with Crippen LogP contribution in [0.4, 0.5) is 0 Å². The van der Waals surface area contributed by atoms with Crippen molar-refractivity contribution in [3.63, 3.8) is 0 Å². The monoisotopic (exact) mass is 370 g/mol. The van der Waals surface area contributed by atoms with Gasteiger partial charge in [0.15, 0.2) is 0 Å². The van der Waals surface area contributed by atoms with Crippen LogP contribution in [0.25, 0.3) is 0 Å². The Labute approximate surface area is 167 Å². The zero-order valence-corrected chi connectivity index (χ0v) is 18.6. The van der Waals surface area contributed by atoms with Crippen molar-refractivity contribution in [1.82, 2.24) is 0 Å². The number of hydrogen-bond donors (Lipinski definition) is 0. The fourth-order valence-corrected chi connectivity index (χ4v) is 3.52. The maximum atomic E-state index is 3.79. The number of allylic oxidation sites excluding steroid dienone is 12. The van der Waals surface area contributed by atoms with Crippen LogP contribution < -0.4 is 0 Å². The van der Waals surface area contributed by atoms with Crippen LogP contribution in [-0.2, 0) is 0 Å². The fraction of sp³-hybridized carbons (Fsp3) is 0.440. The summed E-state index contributed by atoms with van der Waals surface area (Å²) in [6, 6.07) is 0. The maximum absolute atomic E-state index is 3.79. The van der Waals surface area contributed by atoms with E-state index in [0.29, 0.717) is 0 Å². The third-order valence-electron chi connectivity index (χ3n) is 3.81. The van der Waals surface area contributed by atoms with Crippen LogP contribution in [0.3, 0.4) is 0 Å². The van der Waals surface area contributed by atoms with Gasteiger partial charge in [0.1, 0.15) is 0 Å². The molecule has 0 bridgehead atoms. The lowest BCUT2D eigenvalue weighted by Gasteiger charge is -2.14. The predicted molar refractivity (Wildman–Crippen MR) is 124 cm³/mol. The van der Waals surface area contributed by atoms with E-state index in [1.807, 2.05) is 17.8 Å². The van der Waals surface area contributed by atoms with E-state index in [2.05, 4.69) is 90.7 Å². The Hall–Kier alpha value is -1.47. The molecule has 0 aromatic carbocycles. The number of rotatable bonds is 12. The highest BCUT2D eigenvalue weighted by molar-refractivity contribution is 8.06. The van der Waals surface area contributed by atoms with Gasteiger partial charge in [-0.05, 0) is 68.9 Å². The Morgan fingerprint density at radius 2 is 1.50 bits per heavy atom. The average molecular weight is 371 g/mol. The van der Waals surface area contributed by atoms with Crippen molar-refractivity contribution in [2.24, 2.45) is 0 Å². The summed E-state index contributed by atoms with van der Waals surface area (Å²) >= 11 is 1.89. The van der Waals surface area contributed by atoms with Gasteiger partial charge in [0.05, 0.1) is 0 Å². The molecule has 0 aliphatic rings. The van der Waals surface area contributed by atoms with Crippen molar-refractivity contribution in [3.8, 4) is 0 Å². The third kappa shape index (κ3) is 10.5. The van der Waals surface area contributed by atoms with Crippen molar-refractivity contribution in [1.29, 1.82) is 0 Å². The van der Waals surface area contributed by atoms with Crippen molar-refractivity contribution < 1.29 is 0 Å². The topological polar surface area (TPSA) is 0 Å². The van der Waals surface area contributed by atoms with Gasteiger partial charge in [0.25, 0.3) is 0 Å². The van der Waals surface area contributed by atoms with Crippen LogP contribution in [0.1, 0.15) is 73.6 Å². The van der Waals surface area contributed by atoms with Gasteiger partial charge in [0.2, 0.25) is 0 Å². The molecule has 0 aromatic rings. The molecule has 0 amide bonds. The molecule has 26 heavy (non-hydrogen) atoms. The highest BCUT2D eigenvalue weighted by Gasteiger charge is 2.09. The molecule has 0 aliphatic carbocycles. The highest BCUT2D eigenvalue weighted by Crippen LogP contribution is 2.34. The summed E-state index contributed by atoms with van der Waals surface area (Å²) in [5.74, 6) is 0. The largest absolute Gasteiger partial charge is 0.103 e. The molecule has 144 valence electrons. The van der Waals surface area contributed by atoms with Crippen molar-refractivity contribution in [2.45, 2.75) is 73.6 Å². The molecule has 0 aromatic heterocycles. The van der Waals surface area contributed by atoms with Crippen LogP contribution in [-0.4, -0.2) is 0 Å². The molecule has 0 saturated carbocycles. The molecule has 0 rings (SSSR count). The molecule has 1 heteroatoms. The molecule has 0 unspecified atom stereocenters. The Kier molecular flexibility index (Phi) is 14.9. The second-order valence-electron chi connectivity index (χ2n) is 6.39. The normalized spacial score (nSPS) is 13.7.